The third kappa shape index (κ3) is 5.37. The molecule has 3 atom stereocenters. The van der Waals surface area contributed by atoms with Crippen molar-refractivity contribution in [2.75, 3.05) is 44.2 Å². The van der Waals surface area contributed by atoms with Crippen LogP contribution in [0.4, 0.5) is 5.69 Å². The summed E-state index contributed by atoms with van der Waals surface area (Å²) >= 11 is 0. The number of unbranched alkanes of at least 4 members (excludes halogenated alkanes) is 1. The lowest BCUT2D eigenvalue weighted by Crippen LogP contribution is -2.47. The Bertz CT molecular complexity index is 1720. The number of nitrogens with one attached hydrogen (secondary N) is 2. The minimum absolute atomic E-state index is 0.0673. The number of hydrogen-bond acceptors (Lipinski definition) is 5. The summed E-state index contributed by atoms with van der Waals surface area (Å²) in [7, 11) is 0. The second-order valence-corrected chi connectivity index (χ2v) is 14.2. The number of aromatic nitrogens is 1. The van der Waals surface area contributed by atoms with Crippen molar-refractivity contribution in [1.29, 1.82) is 5.26 Å². The van der Waals surface area contributed by atoms with Crippen LogP contribution in [0.5, 0.6) is 0 Å². The Morgan fingerprint density at radius 2 is 1.91 bits per heavy atom. The Kier molecular flexibility index (Phi) is 7.81. The van der Waals surface area contributed by atoms with Crippen molar-refractivity contribution < 1.29 is 9.59 Å². The number of fused-ring (bicyclic) bond motifs is 6. The minimum Gasteiger partial charge on any atom is -0.369 e. The van der Waals surface area contributed by atoms with Crippen LogP contribution in [0.1, 0.15) is 91.2 Å². The summed E-state index contributed by atoms with van der Waals surface area (Å²) < 4.78 is 0. The third-order valence-corrected chi connectivity index (χ3v) is 11.1. The number of piperazine rings is 1. The maximum Gasteiger partial charge on any atom is 0.220 e. The number of carbonyl (C=O) groups is 2. The Hall–Kier alpha value is -3.89. The zero-order valence-electron chi connectivity index (χ0n) is 26.9. The largest absolute Gasteiger partial charge is 0.369 e. The van der Waals surface area contributed by atoms with Gasteiger partial charge in [-0.2, -0.15) is 5.26 Å². The van der Waals surface area contributed by atoms with Crippen LogP contribution in [0.2, 0.25) is 0 Å². The average molecular weight is 604 g/mol. The molecule has 1 amide bonds. The molecule has 7 heteroatoms. The lowest BCUT2D eigenvalue weighted by Gasteiger charge is -2.39. The van der Waals surface area contributed by atoms with E-state index in [1.54, 1.807) is 6.07 Å². The Morgan fingerprint density at radius 3 is 2.62 bits per heavy atom. The van der Waals surface area contributed by atoms with Gasteiger partial charge in [0.2, 0.25) is 5.91 Å². The molecule has 3 aromatic rings. The van der Waals surface area contributed by atoms with Crippen molar-refractivity contribution in [3.63, 3.8) is 0 Å². The van der Waals surface area contributed by atoms with Crippen molar-refractivity contribution in [2.24, 2.45) is 17.8 Å². The van der Waals surface area contributed by atoms with E-state index in [0.717, 1.165) is 97.7 Å². The second kappa shape index (κ2) is 11.8. The van der Waals surface area contributed by atoms with Crippen LogP contribution in [0.15, 0.2) is 42.5 Å². The number of allylic oxidation sites excluding steroid dienone is 2. The number of H-pyrrole nitrogens is 1. The first kappa shape index (κ1) is 29.8. The molecule has 7 rings (SSSR count). The first-order valence-electron chi connectivity index (χ1n) is 17.0. The molecule has 2 bridgehead atoms. The lowest BCUT2D eigenvalue weighted by atomic mass is 9.70. The summed E-state index contributed by atoms with van der Waals surface area (Å²) in [5.74, 6) is 2.35. The van der Waals surface area contributed by atoms with Gasteiger partial charge in [-0.15, -0.1) is 0 Å². The van der Waals surface area contributed by atoms with Gasteiger partial charge in [0, 0.05) is 72.4 Å². The number of ketones is 1. The van der Waals surface area contributed by atoms with Crippen molar-refractivity contribution in [3.05, 3.63) is 76.0 Å². The molecule has 0 spiro atoms. The van der Waals surface area contributed by atoms with E-state index in [9.17, 15) is 14.9 Å². The lowest BCUT2D eigenvalue weighted by molar-refractivity contribution is -0.121. The van der Waals surface area contributed by atoms with Crippen molar-refractivity contribution in [3.8, 4) is 6.07 Å². The van der Waals surface area contributed by atoms with E-state index in [4.69, 9.17) is 0 Å². The van der Waals surface area contributed by atoms with Gasteiger partial charge in [0.05, 0.1) is 17.2 Å². The number of anilines is 1. The molecule has 234 valence electrons. The zero-order valence-corrected chi connectivity index (χ0v) is 26.9. The maximum atomic E-state index is 14.0. The van der Waals surface area contributed by atoms with Crippen molar-refractivity contribution in [2.45, 2.75) is 64.7 Å². The van der Waals surface area contributed by atoms with E-state index in [-0.39, 0.29) is 17.1 Å². The van der Waals surface area contributed by atoms with Gasteiger partial charge in [-0.25, -0.2) is 0 Å². The van der Waals surface area contributed by atoms with Crippen LogP contribution >= 0.6 is 0 Å². The van der Waals surface area contributed by atoms with E-state index >= 15 is 0 Å². The van der Waals surface area contributed by atoms with Crippen LogP contribution in [0, 0.1) is 29.1 Å². The highest BCUT2D eigenvalue weighted by molar-refractivity contribution is 6.20. The fraction of sp³-hybridized carbons (Fsp3) is 0.500. The summed E-state index contributed by atoms with van der Waals surface area (Å²) in [4.78, 5) is 35.0. The van der Waals surface area contributed by atoms with Crippen LogP contribution in [0.25, 0.3) is 10.9 Å². The fourth-order valence-corrected chi connectivity index (χ4v) is 8.45. The molecule has 1 aromatic heterocycles. The summed E-state index contributed by atoms with van der Waals surface area (Å²) in [6, 6.07) is 12.2. The fourth-order valence-electron chi connectivity index (χ4n) is 8.45. The molecule has 3 unspecified atom stereocenters. The molecule has 1 saturated heterocycles. The Labute approximate surface area is 266 Å². The van der Waals surface area contributed by atoms with Gasteiger partial charge in [-0.1, -0.05) is 39.0 Å². The molecular weight excluding hydrogens is 558 g/mol. The van der Waals surface area contributed by atoms with Crippen molar-refractivity contribution in [1.82, 2.24) is 15.2 Å². The summed E-state index contributed by atoms with van der Waals surface area (Å²) in [6.07, 6.45) is 10.7. The quantitative estimate of drug-likeness (QED) is 0.228. The first-order valence-corrected chi connectivity index (χ1v) is 17.0. The number of rotatable bonds is 9. The molecule has 45 heavy (non-hydrogen) atoms. The molecule has 1 saturated carbocycles. The molecule has 2 heterocycles. The van der Waals surface area contributed by atoms with Gasteiger partial charge in [-0.05, 0) is 91.8 Å². The van der Waals surface area contributed by atoms with Gasteiger partial charge in [0.25, 0.3) is 0 Å². The second-order valence-electron chi connectivity index (χ2n) is 14.2. The van der Waals surface area contributed by atoms with E-state index in [0.29, 0.717) is 23.8 Å². The summed E-state index contributed by atoms with van der Waals surface area (Å²) in [5, 5.41) is 13.5. The maximum absolute atomic E-state index is 14.0. The van der Waals surface area contributed by atoms with E-state index in [2.05, 4.69) is 71.2 Å². The molecule has 7 nitrogen and oxygen atoms in total. The summed E-state index contributed by atoms with van der Waals surface area (Å²) in [6.45, 7) is 12.3. The number of aryl methyl sites for hydroxylation is 1. The highest BCUT2D eigenvalue weighted by Gasteiger charge is 2.41. The smallest absolute Gasteiger partial charge is 0.220 e. The number of nitrogens with zero attached hydrogens (tertiary/aromatic N) is 3. The molecular formula is C38H45N5O2. The Morgan fingerprint density at radius 1 is 1.09 bits per heavy atom. The van der Waals surface area contributed by atoms with Crippen LogP contribution < -0.4 is 10.2 Å². The van der Waals surface area contributed by atoms with Gasteiger partial charge >= 0.3 is 0 Å². The predicted molar refractivity (Wildman–Crippen MR) is 179 cm³/mol. The van der Waals surface area contributed by atoms with Crippen LogP contribution in [-0.4, -0.2) is 60.8 Å². The highest BCUT2D eigenvalue weighted by Crippen LogP contribution is 2.46. The molecule has 4 aliphatic rings. The first-order chi connectivity index (χ1) is 21.8. The van der Waals surface area contributed by atoms with Gasteiger partial charge < -0.3 is 15.2 Å². The van der Waals surface area contributed by atoms with Crippen LogP contribution in [0.3, 0.4) is 0 Å². The molecule has 3 aliphatic carbocycles. The molecule has 1 aliphatic heterocycles. The SMILES string of the molecule is CCc1cc2c(cc1N1CCN(CCCCC(=O)NCC3CC4C=CC3C4)CC1)C(C)(C)c1[nH]c3cc(C#N)ccc3c1C2=O. The number of carbonyl (C=O) groups excluding carboxylic acids is 2. The van der Waals surface area contributed by atoms with E-state index < -0.39 is 0 Å². The Balaban J connectivity index is 0.969. The van der Waals surface area contributed by atoms with Gasteiger partial charge in [0.1, 0.15) is 0 Å². The highest BCUT2D eigenvalue weighted by atomic mass is 16.1. The van der Waals surface area contributed by atoms with Crippen molar-refractivity contribution >= 4 is 28.3 Å². The molecule has 2 aromatic carbocycles. The minimum atomic E-state index is -0.382. The number of nitriles is 1. The third-order valence-electron chi connectivity index (χ3n) is 11.1. The molecule has 2 N–H and O–H groups in total. The van der Waals surface area contributed by atoms with Gasteiger partial charge in [0.15, 0.2) is 5.78 Å². The average Bonchev–Trinajstić information content (AvgIpc) is 3.79. The predicted octanol–water partition coefficient (Wildman–Crippen LogP) is 6.09. The number of amides is 1. The standard InChI is InChI=1S/C38H45N5O2/c1-4-26-20-30-31(38(2,3)37-35(36(30)45)29-11-9-25(22-39)19-32(29)41-37)21-33(26)43-15-13-42(14-16-43)12-6-5-7-34(44)40-23-28-18-24-8-10-27(28)17-24/h8-11,19-21,24,27-28,41H,4-7,12-18,23H2,1-3H3,(H,40,44). The topological polar surface area (TPSA) is 92.2 Å². The number of hydrogen-bond donors (Lipinski definition) is 2. The van der Waals surface area contributed by atoms with E-state index in [1.807, 2.05) is 12.1 Å². The summed E-state index contributed by atoms with van der Waals surface area (Å²) in [5.41, 5.74) is 7.04. The molecule has 2 fully saturated rings. The zero-order chi connectivity index (χ0) is 31.3. The normalized spacial score (nSPS) is 23.3. The molecule has 0 radical (unpaired) electrons. The number of aromatic amines is 1. The van der Waals surface area contributed by atoms with Crippen LogP contribution in [-0.2, 0) is 16.6 Å². The van der Waals surface area contributed by atoms with E-state index in [1.165, 1.54) is 24.1 Å². The number of benzene rings is 2. The monoisotopic (exact) mass is 603 g/mol. The van der Waals surface area contributed by atoms with Gasteiger partial charge in [-0.3, -0.25) is 14.5 Å².